The first kappa shape index (κ1) is 17.2. The molecule has 0 aliphatic carbocycles. The van der Waals surface area contributed by atoms with Gasteiger partial charge in [-0.1, -0.05) is 95.5 Å². The van der Waals surface area contributed by atoms with Crippen molar-refractivity contribution in [3.8, 4) is 0 Å². The van der Waals surface area contributed by atoms with E-state index < -0.39 is 0 Å². The van der Waals surface area contributed by atoms with E-state index in [-0.39, 0.29) is 5.54 Å². The predicted octanol–water partition coefficient (Wildman–Crippen LogP) is 5.78. The minimum absolute atomic E-state index is 0.112. The second kappa shape index (κ2) is 9.99. The quantitative estimate of drug-likeness (QED) is 0.509. The lowest BCUT2D eigenvalue weighted by Gasteiger charge is -2.30. The number of unbranched alkanes of at least 4 members (excludes halogenated alkanes) is 6. The third-order valence-electron chi connectivity index (χ3n) is 4.27. The molecule has 1 aromatic rings. The number of hydrogen-bond acceptors (Lipinski definition) is 1. The van der Waals surface area contributed by atoms with Gasteiger partial charge in [0.1, 0.15) is 0 Å². The molecule has 0 aliphatic heterocycles. The van der Waals surface area contributed by atoms with Gasteiger partial charge >= 0.3 is 0 Å². The number of nitrogens with two attached hydrogens (primary N) is 1. The van der Waals surface area contributed by atoms with E-state index in [4.69, 9.17) is 5.73 Å². The first-order chi connectivity index (χ1) is 9.73. The van der Waals surface area contributed by atoms with Gasteiger partial charge in [-0.15, -0.1) is 0 Å². The molecule has 0 bridgehead atoms. The maximum Gasteiger partial charge on any atom is 0.0409 e. The SMILES string of the molecule is CCCCCCCCCC(N)(CCC)c1ccccc1. The molecule has 1 aromatic carbocycles. The Morgan fingerprint density at radius 3 is 1.95 bits per heavy atom. The highest BCUT2D eigenvalue weighted by Crippen LogP contribution is 2.29. The van der Waals surface area contributed by atoms with Crippen molar-refractivity contribution in [2.45, 2.75) is 83.6 Å². The summed E-state index contributed by atoms with van der Waals surface area (Å²) in [7, 11) is 0. The topological polar surface area (TPSA) is 26.0 Å². The Hall–Kier alpha value is -0.820. The van der Waals surface area contributed by atoms with Gasteiger partial charge in [0.2, 0.25) is 0 Å². The van der Waals surface area contributed by atoms with Crippen molar-refractivity contribution in [1.29, 1.82) is 0 Å². The fourth-order valence-corrected chi connectivity index (χ4v) is 3.03. The average molecular weight is 275 g/mol. The van der Waals surface area contributed by atoms with E-state index in [0.717, 1.165) is 19.3 Å². The first-order valence-corrected chi connectivity index (χ1v) is 8.57. The normalized spacial score (nSPS) is 14.2. The third-order valence-corrected chi connectivity index (χ3v) is 4.27. The molecular weight excluding hydrogens is 242 g/mol. The van der Waals surface area contributed by atoms with Gasteiger partial charge in [0.15, 0.2) is 0 Å². The summed E-state index contributed by atoms with van der Waals surface area (Å²) in [5.74, 6) is 0. The van der Waals surface area contributed by atoms with Crippen LogP contribution in [0, 0.1) is 0 Å². The summed E-state index contributed by atoms with van der Waals surface area (Å²) in [6, 6.07) is 10.7. The molecule has 0 saturated heterocycles. The zero-order chi connectivity index (χ0) is 14.7. The van der Waals surface area contributed by atoms with Gasteiger partial charge in [-0.2, -0.15) is 0 Å². The molecule has 1 unspecified atom stereocenters. The fourth-order valence-electron chi connectivity index (χ4n) is 3.03. The highest BCUT2D eigenvalue weighted by atomic mass is 14.7. The Kier molecular flexibility index (Phi) is 8.60. The summed E-state index contributed by atoms with van der Waals surface area (Å²) in [5.41, 5.74) is 7.89. The van der Waals surface area contributed by atoms with Gasteiger partial charge in [-0.25, -0.2) is 0 Å². The van der Waals surface area contributed by atoms with Gasteiger partial charge in [0, 0.05) is 5.54 Å². The average Bonchev–Trinajstić information content (AvgIpc) is 2.47. The predicted molar refractivity (Wildman–Crippen MR) is 89.8 cm³/mol. The van der Waals surface area contributed by atoms with Crippen molar-refractivity contribution >= 4 is 0 Å². The molecule has 0 spiro atoms. The van der Waals surface area contributed by atoms with E-state index in [0.29, 0.717) is 0 Å². The van der Waals surface area contributed by atoms with E-state index in [9.17, 15) is 0 Å². The lowest BCUT2D eigenvalue weighted by molar-refractivity contribution is 0.355. The van der Waals surface area contributed by atoms with Crippen LogP contribution in [0.4, 0.5) is 0 Å². The number of hydrogen-bond donors (Lipinski definition) is 1. The largest absolute Gasteiger partial charge is 0.321 e. The zero-order valence-electron chi connectivity index (χ0n) is 13.5. The van der Waals surface area contributed by atoms with E-state index in [1.807, 2.05) is 0 Å². The summed E-state index contributed by atoms with van der Waals surface area (Å²) >= 11 is 0. The summed E-state index contributed by atoms with van der Waals surface area (Å²) in [4.78, 5) is 0. The minimum atomic E-state index is -0.112. The maximum absolute atomic E-state index is 6.69. The van der Waals surface area contributed by atoms with Crippen LogP contribution in [0.3, 0.4) is 0 Å². The molecular formula is C19H33N. The molecule has 0 fully saturated rings. The summed E-state index contributed by atoms with van der Waals surface area (Å²) in [6.07, 6.45) is 12.8. The van der Waals surface area contributed by atoms with Crippen molar-refractivity contribution in [2.24, 2.45) is 5.73 Å². The molecule has 114 valence electrons. The van der Waals surface area contributed by atoms with Crippen LogP contribution >= 0.6 is 0 Å². The number of benzene rings is 1. The first-order valence-electron chi connectivity index (χ1n) is 8.57. The Morgan fingerprint density at radius 2 is 1.35 bits per heavy atom. The second-order valence-corrected chi connectivity index (χ2v) is 6.14. The highest BCUT2D eigenvalue weighted by Gasteiger charge is 2.25. The maximum atomic E-state index is 6.69. The number of rotatable bonds is 11. The Bertz CT molecular complexity index is 333. The molecule has 2 N–H and O–H groups in total. The summed E-state index contributed by atoms with van der Waals surface area (Å²) < 4.78 is 0. The fraction of sp³-hybridized carbons (Fsp3) is 0.684. The molecule has 1 heteroatoms. The highest BCUT2D eigenvalue weighted by molar-refractivity contribution is 5.23. The van der Waals surface area contributed by atoms with Crippen molar-refractivity contribution in [3.63, 3.8) is 0 Å². The molecule has 20 heavy (non-hydrogen) atoms. The van der Waals surface area contributed by atoms with Crippen LogP contribution in [0.15, 0.2) is 30.3 Å². The molecule has 1 rings (SSSR count). The van der Waals surface area contributed by atoms with Gasteiger partial charge < -0.3 is 5.73 Å². The monoisotopic (exact) mass is 275 g/mol. The molecule has 0 aromatic heterocycles. The van der Waals surface area contributed by atoms with Gasteiger partial charge in [-0.05, 0) is 18.4 Å². The molecule has 0 saturated carbocycles. The smallest absolute Gasteiger partial charge is 0.0409 e. The zero-order valence-corrected chi connectivity index (χ0v) is 13.5. The van der Waals surface area contributed by atoms with Crippen molar-refractivity contribution < 1.29 is 0 Å². The molecule has 1 atom stereocenters. The third kappa shape index (κ3) is 6.09. The van der Waals surface area contributed by atoms with Crippen molar-refractivity contribution in [3.05, 3.63) is 35.9 Å². The van der Waals surface area contributed by atoms with Crippen LogP contribution in [-0.2, 0) is 5.54 Å². The Balaban J connectivity index is 2.36. The van der Waals surface area contributed by atoms with Crippen LogP contribution in [0.5, 0.6) is 0 Å². The van der Waals surface area contributed by atoms with Crippen LogP contribution in [0.2, 0.25) is 0 Å². The van der Waals surface area contributed by atoms with Crippen molar-refractivity contribution in [2.75, 3.05) is 0 Å². The van der Waals surface area contributed by atoms with E-state index in [1.54, 1.807) is 0 Å². The van der Waals surface area contributed by atoms with Crippen LogP contribution in [0.1, 0.15) is 83.6 Å². The molecule has 0 amide bonds. The molecule has 1 nitrogen and oxygen atoms in total. The van der Waals surface area contributed by atoms with Gasteiger partial charge in [-0.3, -0.25) is 0 Å². The second-order valence-electron chi connectivity index (χ2n) is 6.14. The van der Waals surface area contributed by atoms with E-state index in [1.165, 1.54) is 50.5 Å². The van der Waals surface area contributed by atoms with Crippen LogP contribution < -0.4 is 5.73 Å². The standard InChI is InChI=1S/C19H33N/c1-3-5-6-7-8-9-13-17-19(20,16-4-2)18-14-11-10-12-15-18/h10-12,14-15H,3-9,13,16-17,20H2,1-2H3. The molecule has 0 heterocycles. The minimum Gasteiger partial charge on any atom is -0.321 e. The van der Waals surface area contributed by atoms with Gasteiger partial charge in [0.25, 0.3) is 0 Å². The Labute approximate surface area is 126 Å². The van der Waals surface area contributed by atoms with Gasteiger partial charge in [0.05, 0.1) is 0 Å². The lowest BCUT2D eigenvalue weighted by atomic mass is 9.82. The van der Waals surface area contributed by atoms with E-state index >= 15 is 0 Å². The van der Waals surface area contributed by atoms with Crippen molar-refractivity contribution in [1.82, 2.24) is 0 Å². The lowest BCUT2D eigenvalue weighted by Crippen LogP contribution is -2.36. The summed E-state index contributed by atoms with van der Waals surface area (Å²) in [5, 5.41) is 0. The van der Waals surface area contributed by atoms with Crippen LogP contribution in [-0.4, -0.2) is 0 Å². The van der Waals surface area contributed by atoms with Crippen LogP contribution in [0.25, 0.3) is 0 Å². The Morgan fingerprint density at radius 1 is 0.750 bits per heavy atom. The molecule has 0 radical (unpaired) electrons. The molecule has 0 aliphatic rings. The van der Waals surface area contributed by atoms with E-state index in [2.05, 4.69) is 44.2 Å². The summed E-state index contributed by atoms with van der Waals surface area (Å²) in [6.45, 7) is 4.50.